The lowest BCUT2D eigenvalue weighted by Gasteiger charge is -2.16. The van der Waals surface area contributed by atoms with E-state index in [0.29, 0.717) is 42.0 Å². The fourth-order valence-corrected chi connectivity index (χ4v) is 10.6. The lowest BCUT2D eigenvalue weighted by Crippen LogP contribution is -2.33. The second-order valence-electron chi connectivity index (χ2n) is 22.0. The van der Waals surface area contributed by atoms with Gasteiger partial charge >= 0.3 is 5.97 Å². The molecule has 3 atom stereocenters. The van der Waals surface area contributed by atoms with E-state index >= 15 is 0 Å². The lowest BCUT2D eigenvalue weighted by molar-refractivity contribution is -0.139. The molecule has 0 spiro atoms. The van der Waals surface area contributed by atoms with Crippen LogP contribution in [0.5, 0.6) is 0 Å². The minimum atomic E-state index is -0.860. The molecule has 4 N–H and O–H groups in total. The molecule has 388 valence electrons. The van der Waals surface area contributed by atoms with Gasteiger partial charge in [0.25, 0.3) is 11.8 Å². The molecule has 0 bridgehead atoms. The molecule has 8 aromatic rings. The van der Waals surface area contributed by atoms with E-state index in [1.54, 1.807) is 6.92 Å². The fraction of sp³-hybridized carbons (Fsp3) is 0.348. The maximum Gasteiger partial charge on any atom is 0.320 e. The van der Waals surface area contributed by atoms with Crippen LogP contribution in [0.25, 0.3) is 21.8 Å². The molecule has 9 nitrogen and oxygen atoms in total. The number of aromatic nitrogens is 2. The number of nitrogens with one attached hydrogen (secondary N) is 3. The molecule has 2 aliphatic carbocycles. The van der Waals surface area contributed by atoms with E-state index in [1.807, 2.05) is 43.3 Å². The number of nitrogens with zero attached hydrogens (tertiary/aromatic N) is 2. The van der Waals surface area contributed by atoms with E-state index in [0.717, 1.165) is 57.2 Å². The van der Waals surface area contributed by atoms with Crippen molar-refractivity contribution >= 4 is 39.6 Å². The van der Waals surface area contributed by atoms with Crippen molar-refractivity contribution in [2.45, 2.75) is 144 Å². The molecule has 0 saturated heterocycles. The number of aryl methyl sites for hydroxylation is 2. The van der Waals surface area contributed by atoms with Gasteiger partial charge in [-0.2, -0.15) is 0 Å². The number of fused-ring (bicyclic) bond motifs is 2. The van der Waals surface area contributed by atoms with Crippen LogP contribution in [0.2, 0.25) is 0 Å². The van der Waals surface area contributed by atoms with Gasteiger partial charge in [0.15, 0.2) is 0 Å². The van der Waals surface area contributed by atoms with Crippen molar-refractivity contribution in [3.63, 3.8) is 0 Å². The van der Waals surface area contributed by atoms with Crippen molar-refractivity contribution < 1.29 is 19.5 Å². The average Bonchev–Trinajstić information content (AvgIpc) is 4.36. The Labute approximate surface area is 443 Å². The van der Waals surface area contributed by atoms with Gasteiger partial charge in [-0.1, -0.05) is 111 Å². The Morgan fingerprint density at radius 3 is 1.40 bits per heavy atom. The molecule has 2 fully saturated rings. The Kier molecular flexibility index (Phi) is 15.9. The van der Waals surface area contributed by atoms with Gasteiger partial charge in [-0.3, -0.25) is 14.4 Å². The zero-order valence-electron chi connectivity index (χ0n) is 45.4. The Morgan fingerprint density at radius 2 is 0.960 bits per heavy atom. The van der Waals surface area contributed by atoms with Crippen molar-refractivity contribution in [2.24, 2.45) is 5.92 Å². The lowest BCUT2D eigenvalue weighted by atomic mass is 10.0. The van der Waals surface area contributed by atoms with E-state index in [-0.39, 0.29) is 23.9 Å². The first-order chi connectivity index (χ1) is 36.0. The number of carbonyl (C=O) groups is 3. The summed E-state index contributed by atoms with van der Waals surface area (Å²) in [6.07, 6.45) is 6.19. The first-order valence-electron chi connectivity index (χ1n) is 27.1. The zero-order valence-corrected chi connectivity index (χ0v) is 45.4. The summed E-state index contributed by atoms with van der Waals surface area (Å²) in [5.41, 5.74) is 18.4. The zero-order chi connectivity index (χ0) is 53.1. The number of amides is 2. The largest absolute Gasteiger partial charge is 0.480 e. The highest BCUT2D eigenvalue weighted by atomic mass is 16.4. The molecule has 2 amide bonds. The molecule has 2 heterocycles. The number of aliphatic carboxylic acids is 1. The van der Waals surface area contributed by atoms with Crippen molar-refractivity contribution in [1.82, 2.24) is 25.1 Å². The van der Waals surface area contributed by atoms with Crippen LogP contribution < -0.4 is 16.0 Å². The maximum atomic E-state index is 13.2. The summed E-state index contributed by atoms with van der Waals surface area (Å²) in [7, 11) is 0. The summed E-state index contributed by atoms with van der Waals surface area (Å²) < 4.78 is 4.66. The van der Waals surface area contributed by atoms with Gasteiger partial charge in [0.1, 0.15) is 6.04 Å². The number of benzene rings is 6. The third-order valence-corrected chi connectivity index (χ3v) is 15.7. The molecule has 75 heavy (non-hydrogen) atoms. The van der Waals surface area contributed by atoms with Crippen LogP contribution in [0.1, 0.15) is 172 Å². The highest BCUT2D eigenvalue weighted by molar-refractivity contribution is 6.00. The summed E-state index contributed by atoms with van der Waals surface area (Å²) in [5.74, 6) is 1.09. The maximum absolute atomic E-state index is 13.2. The predicted octanol–water partition coefficient (Wildman–Crippen LogP) is 14.1. The van der Waals surface area contributed by atoms with Gasteiger partial charge in [0.2, 0.25) is 0 Å². The molecule has 10 rings (SSSR count). The molecular weight excluding hydrogens is 927 g/mol. The van der Waals surface area contributed by atoms with Crippen molar-refractivity contribution in [2.75, 3.05) is 0 Å². The van der Waals surface area contributed by atoms with E-state index in [9.17, 15) is 14.4 Å². The van der Waals surface area contributed by atoms with Crippen molar-refractivity contribution in [3.05, 3.63) is 212 Å². The van der Waals surface area contributed by atoms with Gasteiger partial charge in [-0.25, -0.2) is 0 Å². The normalized spacial score (nSPS) is 14.6. The van der Waals surface area contributed by atoms with Crippen LogP contribution in [-0.4, -0.2) is 38.1 Å². The van der Waals surface area contributed by atoms with Crippen LogP contribution in [0.3, 0.4) is 0 Å². The van der Waals surface area contributed by atoms with Gasteiger partial charge in [0.05, 0.1) is 12.1 Å². The highest BCUT2D eigenvalue weighted by Crippen LogP contribution is 2.41. The molecule has 0 radical (unpaired) electrons. The Bertz CT molecular complexity index is 3390. The number of carboxylic acids is 1. The molecule has 0 aliphatic heterocycles. The number of rotatable bonds is 18. The molecule has 2 saturated carbocycles. The first-order valence-corrected chi connectivity index (χ1v) is 27.1. The predicted molar refractivity (Wildman–Crippen MR) is 305 cm³/mol. The van der Waals surface area contributed by atoms with Gasteiger partial charge < -0.3 is 30.2 Å². The third-order valence-electron chi connectivity index (χ3n) is 15.7. The molecule has 2 aliphatic rings. The fourth-order valence-electron chi connectivity index (χ4n) is 10.6. The Balaban J connectivity index is 0.000000184. The Morgan fingerprint density at radius 1 is 0.533 bits per heavy atom. The minimum absolute atomic E-state index is 0.0209. The standard InChI is InChI=1S/C33H37N3O3.C33H38N2O/c1-20-23(4)36(19-25-8-5-7-24(15-25)18-34-22(3)33(38)39)31-14-13-29(17-30(20)31)32(37)35-21(2)27-9-6-10-28(16-27)26-11-12-26;1-21(2)16-25-8-6-9-26(17-25)20-35-24(5)22(3)31-19-30(14-15-32(31)35)33(36)34-23(4)28-10-7-11-29(18-28)27-12-13-27/h5-10,13-17,21-22,26,34H,11-12,18-19H2,1-4H3,(H,35,37)(H,38,39);6-11,14-15,17-19,21,23,27H,12-13,16,20H2,1-5H3,(H,34,36)/t21-,22-;23-/m00/s1. The molecule has 0 unspecified atom stereocenters. The van der Waals surface area contributed by atoms with Crippen LogP contribution >= 0.6 is 0 Å². The molecule has 9 heteroatoms. The van der Waals surface area contributed by atoms with Crippen molar-refractivity contribution in [3.8, 4) is 0 Å². The van der Waals surface area contributed by atoms with Gasteiger partial charge in [0, 0.05) is 64.0 Å². The van der Waals surface area contributed by atoms with E-state index < -0.39 is 12.0 Å². The second-order valence-corrected chi connectivity index (χ2v) is 22.0. The number of hydrogen-bond donors (Lipinski definition) is 4. The van der Waals surface area contributed by atoms with E-state index in [2.05, 4.69) is 171 Å². The van der Waals surface area contributed by atoms with Crippen LogP contribution in [0.15, 0.2) is 133 Å². The molecule has 2 aromatic heterocycles. The minimum Gasteiger partial charge on any atom is -0.480 e. The SMILES string of the molecule is Cc1c(C)n(Cc2cccc(CC(C)C)c2)c2ccc(C(=O)N[C@@H](C)c3cccc(C4CC4)c3)cc12.Cc1c(C)n(Cc2cccc(CN[C@@H](C)C(=O)O)c2)c2ccc(C(=O)N[C@@H](C)c3cccc(C4CC4)c3)cc12. The van der Waals surface area contributed by atoms with Gasteiger partial charge in [-0.15, -0.1) is 0 Å². The molecular formula is C66H75N5O4. The van der Waals surface area contributed by atoms with Gasteiger partial charge in [-0.05, 0) is 190 Å². The van der Waals surface area contributed by atoms with E-state index in [1.165, 1.54) is 70.3 Å². The van der Waals surface area contributed by atoms with Crippen molar-refractivity contribution in [1.29, 1.82) is 0 Å². The number of carbonyl (C=O) groups excluding carboxylic acids is 2. The van der Waals surface area contributed by atoms with Crippen LogP contribution in [0, 0.1) is 33.6 Å². The number of carboxylic acid groups (broad SMARTS) is 1. The highest BCUT2D eigenvalue weighted by Gasteiger charge is 2.26. The topological polar surface area (TPSA) is 117 Å². The molecule has 6 aromatic carbocycles. The Hall–Kier alpha value is -7.23. The monoisotopic (exact) mass is 1000 g/mol. The number of hydrogen-bond acceptors (Lipinski definition) is 4. The summed E-state index contributed by atoms with van der Waals surface area (Å²) in [4.78, 5) is 37.6. The quantitative estimate of drug-likeness (QED) is 0.0683. The summed E-state index contributed by atoms with van der Waals surface area (Å²) in [5, 5.41) is 20.8. The summed E-state index contributed by atoms with van der Waals surface area (Å²) in [6, 6.07) is 45.9. The van der Waals surface area contributed by atoms with Crippen LogP contribution in [-0.2, 0) is 30.8 Å². The first kappa shape index (κ1) is 52.6. The summed E-state index contributed by atoms with van der Waals surface area (Å²) in [6.45, 7) is 20.9. The third kappa shape index (κ3) is 12.5. The summed E-state index contributed by atoms with van der Waals surface area (Å²) >= 11 is 0. The second kappa shape index (κ2) is 22.7. The average molecular weight is 1000 g/mol. The van der Waals surface area contributed by atoms with E-state index in [4.69, 9.17) is 5.11 Å². The van der Waals surface area contributed by atoms with Crippen LogP contribution in [0.4, 0.5) is 0 Å². The smallest absolute Gasteiger partial charge is 0.320 e.